The molecular weight excluding hydrogens is 262 g/mol. The van der Waals surface area contributed by atoms with Crippen LogP contribution in [0.25, 0.3) is 0 Å². The number of sulfonamides is 1. The Hall–Kier alpha value is -0.630. The van der Waals surface area contributed by atoms with Crippen molar-refractivity contribution in [2.24, 2.45) is 5.14 Å². The second-order valence-electron chi connectivity index (χ2n) is 2.87. The lowest BCUT2D eigenvalue weighted by Crippen LogP contribution is -2.12. The molecule has 0 saturated carbocycles. The summed E-state index contributed by atoms with van der Waals surface area (Å²) in [5.74, 6) is -0.348. The Labute approximate surface area is 92.3 Å². The van der Waals surface area contributed by atoms with Crippen molar-refractivity contribution < 1.29 is 16.8 Å². The average molecular weight is 270 g/mol. The second-order valence-corrected chi connectivity index (χ2v) is 7.21. The highest BCUT2D eigenvalue weighted by Gasteiger charge is 2.10. The van der Waals surface area contributed by atoms with Crippen LogP contribution in [0.15, 0.2) is 29.2 Å². The van der Waals surface area contributed by atoms with Gasteiger partial charge in [0.05, 0.1) is 10.6 Å². The fourth-order valence-electron chi connectivity index (χ4n) is 0.974. The summed E-state index contributed by atoms with van der Waals surface area (Å²) in [6.45, 7) is 0. The molecule has 84 valence electrons. The van der Waals surface area contributed by atoms with Gasteiger partial charge in [0, 0.05) is 10.7 Å². The summed E-state index contributed by atoms with van der Waals surface area (Å²) >= 11 is 0. The van der Waals surface area contributed by atoms with Crippen molar-refractivity contribution in [3.05, 3.63) is 29.8 Å². The van der Waals surface area contributed by atoms with Gasteiger partial charge in [0.15, 0.2) is 0 Å². The van der Waals surface area contributed by atoms with E-state index in [-0.39, 0.29) is 10.6 Å². The third-order valence-electron chi connectivity index (χ3n) is 1.59. The van der Waals surface area contributed by atoms with Crippen LogP contribution in [0.1, 0.15) is 5.56 Å². The fraction of sp³-hybridized carbons (Fsp3) is 0.143. The third-order valence-corrected chi connectivity index (χ3v) is 3.53. The molecular formula is C7H8ClNO4S2. The molecule has 0 aliphatic heterocycles. The molecule has 2 N–H and O–H groups in total. The largest absolute Gasteiger partial charge is 0.238 e. The Balaban J connectivity index is 3.02. The molecule has 0 amide bonds. The molecule has 0 heterocycles. The zero-order valence-electron chi connectivity index (χ0n) is 7.42. The van der Waals surface area contributed by atoms with Crippen molar-refractivity contribution in [3.8, 4) is 0 Å². The molecule has 5 nitrogen and oxygen atoms in total. The monoisotopic (exact) mass is 269 g/mol. The maximum Gasteiger partial charge on any atom is 0.238 e. The van der Waals surface area contributed by atoms with Crippen LogP contribution < -0.4 is 5.14 Å². The minimum absolute atomic E-state index is 0.0711. The molecule has 0 unspecified atom stereocenters. The molecule has 0 spiro atoms. The van der Waals surface area contributed by atoms with Crippen LogP contribution >= 0.6 is 10.7 Å². The first kappa shape index (κ1) is 12.4. The van der Waals surface area contributed by atoms with Gasteiger partial charge in [0.25, 0.3) is 0 Å². The number of benzene rings is 1. The summed E-state index contributed by atoms with van der Waals surface area (Å²) in [7, 11) is -2.35. The molecule has 0 bridgehead atoms. The number of halogens is 1. The summed E-state index contributed by atoms with van der Waals surface area (Å²) in [4.78, 5) is -0.0711. The Bertz CT molecular complexity index is 547. The number of hydrogen-bond donors (Lipinski definition) is 1. The topological polar surface area (TPSA) is 94.3 Å². The standard InChI is InChI=1S/C7H8ClNO4S2/c8-14(10,11)5-6-1-3-7(4-2-6)15(9,12)13/h1-4H,5H2,(H2,9,12,13). The molecule has 0 aromatic heterocycles. The third kappa shape index (κ3) is 4.17. The maximum atomic E-state index is 10.9. The van der Waals surface area contributed by atoms with Crippen molar-refractivity contribution in [1.82, 2.24) is 0 Å². The minimum atomic E-state index is -3.75. The van der Waals surface area contributed by atoms with E-state index in [4.69, 9.17) is 15.8 Å². The summed E-state index contributed by atoms with van der Waals surface area (Å²) in [6.07, 6.45) is 0. The quantitative estimate of drug-likeness (QED) is 0.804. The first-order chi connectivity index (χ1) is 6.68. The highest BCUT2D eigenvalue weighted by molar-refractivity contribution is 8.13. The van der Waals surface area contributed by atoms with Crippen molar-refractivity contribution in [1.29, 1.82) is 0 Å². The van der Waals surface area contributed by atoms with Crippen LogP contribution in [0.2, 0.25) is 0 Å². The van der Waals surface area contributed by atoms with Crippen LogP contribution in [-0.4, -0.2) is 16.8 Å². The van der Waals surface area contributed by atoms with Crippen LogP contribution in [0, 0.1) is 0 Å². The first-order valence-electron chi connectivity index (χ1n) is 3.72. The maximum absolute atomic E-state index is 10.9. The summed E-state index contributed by atoms with van der Waals surface area (Å²) in [5.41, 5.74) is 0.400. The van der Waals surface area contributed by atoms with Gasteiger partial charge in [-0.1, -0.05) is 12.1 Å². The predicted molar refractivity (Wildman–Crippen MR) is 56.3 cm³/mol. The van der Waals surface area contributed by atoms with Gasteiger partial charge in [-0.05, 0) is 17.7 Å². The SMILES string of the molecule is NS(=O)(=O)c1ccc(CS(=O)(=O)Cl)cc1. The Morgan fingerprint density at radius 2 is 1.53 bits per heavy atom. The highest BCUT2D eigenvalue weighted by atomic mass is 35.7. The molecule has 1 aromatic carbocycles. The molecule has 8 heteroatoms. The van der Waals surface area contributed by atoms with Gasteiger partial charge < -0.3 is 0 Å². The Kier molecular flexibility index (Phi) is 3.39. The van der Waals surface area contributed by atoms with E-state index < -0.39 is 19.1 Å². The normalized spacial score (nSPS) is 12.7. The fourth-order valence-corrected chi connectivity index (χ4v) is 2.46. The molecule has 0 aliphatic rings. The van der Waals surface area contributed by atoms with E-state index in [0.717, 1.165) is 0 Å². The summed E-state index contributed by atoms with van der Waals surface area (Å²) < 4.78 is 43.1. The van der Waals surface area contributed by atoms with Crippen LogP contribution in [-0.2, 0) is 24.8 Å². The smallest absolute Gasteiger partial charge is 0.225 e. The molecule has 0 radical (unpaired) electrons. The minimum Gasteiger partial charge on any atom is -0.225 e. The molecule has 0 aliphatic carbocycles. The van der Waals surface area contributed by atoms with Crippen molar-refractivity contribution in [2.45, 2.75) is 10.6 Å². The molecule has 1 rings (SSSR count). The molecule has 1 aromatic rings. The Morgan fingerprint density at radius 3 is 1.87 bits per heavy atom. The lowest BCUT2D eigenvalue weighted by atomic mass is 10.2. The Morgan fingerprint density at radius 1 is 1.07 bits per heavy atom. The van der Waals surface area contributed by atoms with Crippen LogP contribution in [0.5, 0.6) is 0 Å². The van der Waals surface area contributed by atoms with Gasteiger partial charge in [-0.25, -0.2) is 22.0 Å². The molecule has 0 saturated heterocycles. The van der Waals surface area contributed by atoms with Gasteiger partial charge in [-0.3, -0.25) is 0 Å². The molecule has 0 fully saturated rings. The van der Waals surface area contributed by atoms with E-state index in [9.17, 15) is 16.8 Å². The van der Waals surface area contributed by atoms with E-state index in [1.54, 1.807) is 0 Å². The van der Waals surface area contributed by atoms with Crippen molar-refractivity contribution in [3.63, 3.8) is 0 Å². The van der Waals surface area contributed by atoms with Crippen LogP contribution in [0.4, 0.5) is 0 Å². The first-order valence-corrected chi connectivity index (χ1v) is 7.75. The van der Waals surface area contributed by atoms with E-state index in [1.807, 2.05) is 0 Å². The molecule has 0 atom stereocenters. The number of nitrogens with two attached hydrogens (primary N) is 1. The number of primary sulfonamides is 1. The van der Waals surface area contributed by atoms with E-state index >= 15 is 0 Å². The van der Waals surface area contributed by atoms with Gasteiger partial charge >= 0.3 is 0 Å². The van der Waals surface area contributed by atoms with E-state index in [2.05, 4.69) is 0 Å². The lowest BCUT2D eigenvalue weighted by Gasteiger charge is -2.00. The zero-order valence-corrected chi connectivity index (χ0v) is 9.81. The van der Waals surface area contributed by atoms with Crippen molar-refractivity contribution in [2.75, 3.05) is 0 Å². The van der Waals surface area contributed by atoms with Crippen molar-refractivity contribution >= 4 is 29.8 Å². The number of rotatable bonds is 3. The lowest BCUT2D eigenvalue weighted by molar-refractivity contribution is 0.597. The predicted octanol–water partition coefficient (Wildman–Crippen LogP) is 0.403. The zero-order chi connectivity index (χ0) is 11.7. The van der Waals surface area contributed by atoms with E-state index in [0.29, 0.717) is 5.56 Å². The summed E-state index contributed by atoms with van der Waals surface area (Å²) in [6, 6.07) is 5.15. The second kappa shape index (κ2) is 4.09. The van der Waals surface area contributed by atoms with Gasteiger partial charge in [0.1, 0.15) is 0 Å². The summed E-state index contributed by atoms with van der Waals surface area (Å²) in [5, 5.41) is 4.86. The highest BCUT2D eigenvalue weighted by Crippen LogP contribution is 2.13. The number of hydrogen-bond acceptors (Lipinski definition) is 4. The van der Waals surface area contributed by atoms with E-state index in [1.165, 1.54) is 24.3 Å². The van der Waals surface area contributed by atoms with Gasteiger partial charge in [-0.2, -0.15) is 0 Å². The van der Waals surface area contributed by atoms with Crippen LogP contribution in [0.3, 0.4) is 0 Å². The van der Waals surface area contributed by atoms with Gasteiger partial charge in [0.2, 0.25) is 19.1 Å². The average Bonchev–Trinajstić information content (AvgIpc) is 2.00. The molecule has 15 heavy (non-hydrogen) atoms. The van der Waals surface area contributed by atoms with Gasteiger partial charge in [-0.15, -0.1) is 0 Å².